The van der Waals surface area contributed by atoms with E-state index < -0.39 is 0 Å². The lowest BCUT2D eigenvalue weighted by Gasteiger charge is -2.34. The molecule has 0 N–H and O–H groups in total. The van der Waals surface area contributed by atoms with E-state index in [0.717, 1.165) is 64.6 Å². The van der Waals surface area contributed by atoms with Gasteiger partial charge < -0.3 is 14.7 Å². The average Bonchev–Trinajstić information content (AvgIpc) is 3.05. The first kappa shape index (κ1) is 38.3. The fraction of sp³-hybridized carbons (Fsp3) is 0.611. The van der Waals surface area contributed by atoms with Crippen LogP contribution in [0.3, 0.4) is 0 Å². The zero-order valence-electron chi connectivity index (χ0n) is 26.4. The molecule has 2 amide bonds. The first-order valence-electron chi connectivity index (χ1n) is 15.9. The molecule has 2 aliphatic heterocycles. The molecule has 2 aromatic rings. The highest BCUT2D eigenvalue weighted by atomic mass is 16.2. The van der Waals surface area contributed by atoms with Crippen LogP contribution in [0.4, 0.5) is 0 Å². The molecule has 41 heavy (non-hydrogen) atoms. The van der Waals surface area contributed by atoms with Gasteiger partial charge in [0.2, 0.25) is 11.8 Å². The zero-order valence-corrected chi connectivity index (χ0v) is 26.4. The Morgan fingerprint density at radius 1 is 0.634 bits per heavy atom. The summed E-state index contributed by atoms with van der Waals surface area (Å²) in [6.45, 7) is 19.3. The third-order valence-corrected chi connectivity index (χ3v) is 7.66. The van der Waals surface area contributed by atoms with Gasteiger partial charge in [0.15, 0.2) is 0 Å². The summed E-state index contributed by atoms with van der Waals surface area (Å²) in [4.78, 5) is 30.6. The highest BCUT2D eigenvalue weighted by molar-refractivity contribution is 5.77. The Morgan fingerprint density at radius 3 is 1.39 bits per heavy atom. The van der Waals surface area contributed by atoms with Crippen molar-refractivity contribution in [3.63, 3.8) is 0 Å². The first-order valence-corrected chi connectivity index (χ1v) is 15.9. The van der Waals surface area contributed by atoms with Gasteiger partial charge in [-0.05, 0) is 49.3 Å². The van der Waals surface area contributed by atoms with E-state index in [1.54, 1.807) is 0 Å². The van der Waals surface area contributed by atoms with Gasteiger partial charge in [0.05, 0.1) is 0 Å². The Bertz CT molecular complexity index is 812. The van der Waals surface area contributed by atoms with Crippen LogP contribution in [-0.2, 0) is 22.4 Å². The maximum Gasteiger partial charge on any atom is 0.222 e. The Morgan fingerprint density at radius 2 is 1.02 bits per heavy atom. The van der Waals surface area contributed by atoms with Crippen molar-refractivity contribution >= 4 is 11.8 Å². The predicted molar refractivity (Wildman–Crippen MR) is 177 cm³/mol. The van der Waals surface area contributed by atoms with Crippen molar-refractivity contribution in [2.24, 2.45) is 5.92 Å². The number of piperidine rings is 1. The molecule has 0 radical (unpaired) electrons. The molecule has 2 saturated heterocycles. The van der Waals surface area contributed by atoms with E-state index in [1.807, 2.05) is 69.0 Å². The summed E-state index contributed by atoms with van der Waals surface area (Å²) in [5, 5.41) is 0. The fourth-order valence-corrected chi connectivity index (χ4v) is 5.01. The van der Waals surface area contributed by atoms with Crippen molar-refractivity contribution in [3.8, 4) is 0 Å². The van der Waals surface area contributed by atoms with Gasteiger partial charge in [-0.2, -0.15) is 0 Å². The van der Waals surface area contributed by atoms with Crippen molar-refractivity contribution in [2.45, 2.75) is 93.9 Å². The van der Waals surface area contributed by atoms with E-state index >= 15 is 0 Å². The normalized spacial score (nSPS) is 15.1. The van der Waals surface area contributed by atoms with Crippen molar-refractivity contribution in [1.82, 2.24) is 14.7 Å². The number of likely N-dealkylation sites (N-methyl/N-ethyl adjacent to an activating group) is 1. The lowest BCUT2D eigenvalue weighted by Crippen LogP contribution is -2.48. The van der Waals surface area contributed by atoms with Gasteiger partial charge in [-0.1, -0.05) is 116 Å². The standard InChI is InChI=1S/C16H23NO.C15H22N2O.2C2H6.CH4/c1-2-14-10-12-17(13-11-14)16(18)9-8-15-6-4-3-5-7-15;1-2-16-10-12-17(13-11-16)15(18)9-8-14-6-4-3-5-7-14;2*1-2;/h3-7,14H,2,8-13H2,1H3;3-7H,2,8-13H2,1H3;2*1-2H3;1H4. The van der Waals surface area contributed by atoms with E-state index in [4.69, 9.17) is 0 Å². The number of carbonyl (C=O) groups is 2. The topological polar surface area (TPSA) is 43.9 Å². The highest BCUT2D eigenvalue weighted by Gasteiger charge is 2.21. The molecule has 2 aromatic carbocycles. The molecule has 2 aliphatic rings. The zero-order chi connectivity index (χ0) is 29.6. The van der Waals surface area contributed by atoms with Crippen LogP contribution in [0.1, 0.15) is 92.2 Å². The van der Waals surface area contributed by atoms with E-state index in [1.165, 1.54) is 30.4 Å². The van der Waals surface area contributed by atoms with E-state index in [0.29, 0.717) is 24.7 Å². The van der Waals surface area contributed by atoms with E-state index in [-0.39, 0.29) is 7.43 Å². The third-order valence-electron chi connectivity index (χ3n) is 7.66. The number of rotatable bonds is 8. The second-order valence-corrected chi connectivity index (χ2v) is 10.0. The summed E-state index contributed by atoms with van der Waals surface area (Å²) in [6.07, 6.45) is 6.64. The number of piperazine rings is 1. The highest BCUT2D eigenvalue weighted by Crippen LogP contribution is 2.20. The number of aryl methyl sites for hydroxylation is 2. The molecule has 0 aromatic heterocycles. The number of hydrogen-bond donors (Lipinski definition) is 0. The summed E-state index contributed by atoms with van der Waals surface area (Å²) in [7, 11) is 0. The Hall–Kier alpha value is -2.66. The molecule has 2 heterocycles. The smallest absolute Gasteiger partial charge is 0.222 e. The van der Waals surface area contributed by atoms with Crippen LogP contribution in [0, 0.1) is 5.92 Å². The molecule has 5 heteroatoms. The van der Waals surface area contributed by atoms with Crippen molar-refractivity contribution in [3.05, 3.63) is 71.8 Å². The van der Waals surface area contributed by atoms with Crippen molar-refractivity contribution < 1.29 is 9.59 Å². The molecule has 2 fully saturated rings. The quantitative estimate of drug-likeness (QED) is 0.328. The second-order valence-electron chi connectivity index (χ2n) is 10.0. The van der Waals surface area contributed by atoms with Gasteiger partial charge >= 0.3 is 0 Å². The average molecular weight is 568 g/mol. The molecule has 0 saturated carbocycles. The van der Waals surface area contributed by atoms with Gasteiger partial charge in [-0.15, -0.1) is 0 Å². The molecule has 4 rings (SSSR count). The molecule has 0 spiro atoms. The van der Waals surface area contributed by atoms with Crippen LogP contribution in [0.25, 0.3) is 0 Å². The van der Waals surface area contributed by atoms with Crippen molar-refractivity contribution in [1.29, 1.82) is 0 Å². The lowest BCUT2D eigenvalue weighted by molar-refractivity contribution is -0.133. The Labute approximate surface area is 253 Å². The number of carbonyl (C=O) groups excluding carboxylic acids is 2. The Kier molecular flexibility index (Phi) is 22.4. The van der Waals surface area contributed by atoms with Gasteiger partial charge in [0, 0.05) is 52.1 Å². The summed E-state index contributed by atoms with van der Waals surface area (Å²) in [6, 6.07) is 20.5. The number of benzene rings is 2. The van der Waals surface area contributed by atoms with Crippen LogP contribution >= 0.6 is 0 Å². The molecular weight excluding hydrogens is 506 g/mol. The maximum absolute atomic E-state index is 12.1. The second kappa shape index (κ2) is 24.0. The SMILES string of the molecule is C.CC.CC.CCC1CCN(C(=O)CCc2ccccc2)CC1.CCN1CCN(C(=O)CCc2ccccc2)CC1. The number of hydrogen-bond acceptors (Lipinski definition) is 3. The van der Waals surface area contributed by atoms with Gasteiger partial charge in [-0.25, -0.2) is 0 Å². The van der Waals surface area contributed by atoms with Crippen LogP contribution in [0.5, 0.6) is 0 Å². The first-order chi connectivity index (χ1) is 19.6. The molecular formula is C36H61N3O2. The van der Waals surface area contributed by atoms with E-state index in [2.05, 4.69) is 47.9 Å². The number of likely N-dealkylation sites (tertiary alicyclic amines) is 1. The minimum atomic E-state index is 0. The molecule has 0 aliphatic carbocycles. The number of nitrogens with zero attached hydrogens (tertiary/aromatic N) is 3. The summed E-state index contributed by atoms with van der Waals surface area (Å²) < 4.78 is 0. The summed E-state index contributed by atoms with van der Waals surface area (Å²) in [5.74, 6) is 1.46. The van der Waals surface area contributed by atoms with Gasteiger partial charge in [-0.3, -0.25) is 9.59 Å². The summed E-state index contributed by atoms with van der Waals surface area (Å²) in [5.41, 5.74) is 2.51. The largest absolute Gasteiger partial charge is 0.343 e. The predicted octanol–water partition coefficient (Wildman–Crippen LogP) is 7.74. The third kappa shape index (κ3) is 15.2. The maximum atomic E-state index is 12.1. The van der Waals surface area contributed by atoms with Crippen LogP contribution in [-0.4, -0.2) is 72.3 Å². The molecule has 0 unspecified atom stereocenters. The van der Waals surface area contributed by atoms with Gasteiger partial charge in [0.1, 0.15) is 0 Å². The minimum Gasteiger partial charge on any atom is -0.343 e. The number of amides is 2. The van der Waals surface area contributed by atoms with Gasteiger partial charge in [0.25, 0.3) is 0 Å². The molecule has 0 bridgehead atoms. The monoisotopic (exact) mass is 567 g/mol. The Balaban J connectivity index is 0.000000681. The van der Waals surface area contributed by atoms with Crippen LogP contribution < -0.4 is 0 Å². The fourth-order valence-electron chi connectivity index (χ4n) is 5.01. The van der Waals surface area contributed by atoms with Crippen molar-refractivity contribution in [2.75, 3.05) is 45.8 Å². The molecule has 5 nitrogen and oxygen atoms in total. The van der Waals surface area contributed by atoms with E-state index in [9.17, 15) is 9.59 Å². The molecule has 232 valence electrons. The molecule has 0 atom stereocenters. The van der Waals surface area contributed by atoms with Crippen LogP contribution in [0.2, 0.25) is 0 Å². The lowest BCUT2D eigenvalue weighted by atomic mass is 9.94. The van der Waals surface area contributed by atoms with Crippen LogP contribution in [0.15, 0.2) is 60.7 Å². The summed E-state index contributed by atoms with van der Waals surface area (Å²) >= 11 is 0. The minimum absolute atomic E-state index is 0.